The largest absolute Gasteiger partial charge is 0.376 e. The molecule has 3 rings (SSSR count). The molecule has 1 aromatic rings. The van der Waals surface area contributed by atoms with Gasteiger partial charge in [-0.1, -0.05) is 17.7 Å². The van der Waals surface area contributed by atoms with Crippen molar-refractivity contribution in [2.45, 2.75) is 56.1 Å². The SMILES string of the molecule is CO[C@H]1[C@@H]2OC(C)(C)O[C@@H]2O[C@@H]1COS(=O)(=O)c1ccc(C)cc1. The van der Waals surface area contributed by atoms with Crippen LogP contribution in [0.25, 0.3) is 0 Å². The van der Waals surface area contributed by atoms with Gasteiger partial charge in [0.15, 0.2) is 12.1 Å². The molecule has 2 fully saturated rings. The zero-order chi connectivity index (χ0) is 17.5. The van der Waals surface area contributed by atoms with Gasteiger partial charge in [-0.15, -0.1) is 0 Å². The quantitative estimate of drug-likeness (QED) is 0.740. The molecule has 2 heterocycles. The van der Waals surface area contributed by atoms with E-state index in [2.05, 4.69) is 0 Å². The molecule has 2 aliphatic rings. The Hall–Kier alpha value is -1.03. The summed E-state index contributed by atoms with van der Waals surface area (Å²) in [5.74, 6) is -0.758. The Morgan fingerprint density at radius 3 is 2.46 bits per heavy atom. The summed E-state index contributed by atoms with van der Waals surface area (Å²) in [5, 5.41) is 0. The molecule has 7 nitrogen and oxygen atoms in total. The summed E-state index contributed by atoms with van der Waals surface area (Å²) in [6.45, 7) is 5.28. The number of benzene rings is 1. The van der Waals surface area contributed by atoms with Crippen molar-refractivity contribution in [2.24, 2.45) is 0 Å². The highest BCUT2D eigenvalue weighted by Gasteiger charge is 2.55. The van der Waals surface area contributed by atoms with E-state index in [9.17, 15) is 8.42 Å². The monoisotopic (exact) mass is 358 g/mol. The van der Waals surface area contributed by atoms with Crippen LogP contribution in [0.1, 0.15) is 19.4 Å². The average Bonchev–Trinajstić information content (AvgIpc) is 2.96. The fraction of sp³-hybridized carbons (Fsp3) is 0.625. The minimum atomic E-state index is -3.86. The lowest BCUT2D eigenvalue weighted by Crippen LogP contribution is -2.38. The van der Waals surface area contributed by atoms with Crippen molar-refractivity contribution in [3.8, 4) is 0 Å². The van der Waals surface area contributed by atoms with E-state index in [-0.39, 0.29) is 11.5 Å². The van der Waals surface area contributed by atoms with Crippen molar-refractivity contribution >= 4 is 10.1 Å². The Kier molecular flexibility index (Phi) is 4.71. The summed E-state index contributed by atoms with van der Waals surface area (Å²) in [6.07, 6.45) is -2.08. The van der Waals surface area contributed by atoms with E-state index < -0.39 is 40.5 Å². The molecule has 0 saturated carbocycles. The first-order valence-electron chi connectivity index (χ1n) is 7.72. The zero-order valence-electron chi connectivity index (χ0n) is 14.1. The number of hydrogen-bond acceptors (Lipinski definition) is 7. The number of methoxy groups -OCH3 is 1. The highest BCUT2D eigenvalue weighted by molar-refractivity contribution is 7.86. The van der Waals surface area contributed by atoms with Crippen molar-refractivity contribution in [2.75, 3.05) is 13.7 Å². The molecule has 0 bridgehead atoms. The van der Waals surface area contributed by atoms with Gasteiger partial charge in [-0.05, 0) is 32.9 Å². The van der Waals surface area contributed by atoms with Crippen LogP contribution in [0.3, 0.4) is 0 Å². The van der Waals surface area contributed by atoms with Crippen LogP contribution < -0.4 is 0 Å². The van der Waals surface area contributed by atoms with E-state index in [4.69, 9.17) is 23.1 Å². The number of rotatable bonds is 5. The molecule has 134 valence electrons. The number of ether oxygens (including phenoxy) is 4. The summed E-state index contributed by atoms with van der Waals surface area (Å²) >= 11 is 0. The molecule has 0 radical (unpaired) electrons. The molecule has 24 heavy (non-hydrogen) atoms. The second-order valence-electron chi connectivity index (χ2n) is 6.40. The Bertz CT molecular complexity index is 683. The minimum absolute atomic E-state index is 0.105. The first-order valence-corrected chi connectivity index (χ1v) is 9.13. The first-order chi connectivity index (χ1) is 11.2. The predicted octanol–water partition coefficient (Wildman–Crippen LogP) is 1.59. The van der Waals surface area contributed by atoms with E-state index in [0.29, 0.717) is 0 Å². The van der Waals surface area contributed by atoms with Gasteiger partial charge in [0.05, 0.1) is 11.5 Å². The smallest absolute Gasteiger partial charge is 0.297 e. The van der Waals surface area contributed by atoms with Crippen molar-refractivity contribution in [3.05, 3.63) is 29.8 Å². The second-order valence-corrected chi connectivity index (χ2v) is 8.01. The molecular weight excluding hydrogens is 336 g/mol. The molecule has 2 aliphatic heterocycles. The highest BCUT2D eigenvalue weighted by atomic mass is 32.2. The predicted molar refractivity (Wildman–Crippen MR) is 83.8 cm³/mol. The van der Waals surface area contributed by atoms with Gasteiger partial charge in [0.25, 0.3) is 10.1 Å². The summed E-state index contributed by atoms with van der Waals surface area (Å²) in [5.41, 5.74) is 0.970. The van der Waals surface area contributed by atoms with Gasteiger partial charge in [-0.2, -0.15) is 8.42 Å². The van der Waals surface area contributed by atoms with Crippen LogP contribution in [0, 0.1) is 6.92 Å². The van der Waals surface area contributed by atoms with Crippen LogP contribution in [0.15, 0.2) is 29.2 Å². The topological polar surface area (TPSA) is 80.3 Å². The van der Waals surface area contributed by atoms with Crippen molar-refractivity contribution in [1.29, 1.82) is 0 Å². The highest BCUT2D eigenvalue weighted by Crippen LogP contribution is 2.38. The van der Waals surface area contributed by atoms with Gasteiger partial charge in [0.1, 0.15) is 18.3 Å². The Labute approximate surface area is 141 Å². The molecule has 4 atom stereocenters. The maximum absolute atomic E-state index is 12.3. The first kappa shape index (κ1) is 17.8. The zero-order valence-corrected chi connectivity index (χ0v) is 14.9. The van der Waals surface area contributed by atoms with E-state index >= 15 is 0 Å². The molecule has 0 amide bonds. The third kappa shape index (κ3) is 3.49. The van der Waals surface area contributed by atoms with Crippen LogP contribution in [-0.4, -0.2) is 52.5 Å². The summed E-state index contributed by atoms with van der Waals surface area (Å²) in [6, 6.07) is 6.46. The summed E-state index contributed by atoms with van der Waals surface area (Å²) in [7, 11) is -2.34. The fourth-order valence-corrected chi connectivity index (χ4v) is 3.81. The van der Waals surface area contributed by atoms with Gasteiger partial charge < -0.3 is 18.9 Å². The van der Waals surface area contributed by atoms with E-state index in [1.165, 1.54) is 19.2 Å². The summed E-state index contributed by atoms with van der Waals surface area (Å²) in [4.78, 5) is 0.105. The van der Waals surface area contributed by atoms with E-state index in [1.807, 2.05) is 6.92 Å². The van der Waals surface area contributed by atoms with Gasteiger partial charge in [0.2, 0.25) is 0 Å². The molecule has 1 aromatic carbocycles. The van der Waals surface area contributed by atoms with Crippen LogP contribution in [0.4, 0.5) is 0 Å². The molecule has 0 N–H and O–H groups in total. The van der Waals surface area contributed by atoms with Gasteiger partial charge in [0, 0.05) is 7.11 Å². The molecule has 8 heteroatoms. The van der Waals surface area contributed by atoms with E-state index in [0.717, 1.165) is 5.56 Å². The molecule has 0 unspecified atom stereocenters. The van der Waals surface area contributed by atoms with Crippen molar-refractivity contribution in [3.63, 3.8) is 0 Å². The summed E-state index contributed by atoms with van der Waals surface area (Å²) < 4.78 is 52.2. The fourth-order valence-electron chi connectivity index (χ4n) is 2.90. The normalized spacial score (nSPS) is 32.0. The number of fused-ring (bicyclic) bond motifs is 1. The van der Waals surface area contributed by atoms with Gasteiger partial charge in [-0.3, -0.25) is 4.18 Å². The van der Waals surface area contributed by atoms with Crippen LogP contribution in [0.2, 0.25) is 0 Å². The number of aryl methyl sites for hydroxylation is 1. The Balaban J connectivity index is 1.66. The standard InChI is InChI=1S/C16H22O7S/c1-10-5-7-11(8-6-10)24(17,18)20-9-12-13(19-4)14-15(21-12)23-16(2,3)22-14/h5-8,12-15H,9H2,1-4H3/t12-,13-,14+,15+/m1/s1. The maximum atomic E-state index is 12.3. The average molecular weight is 358 g/mol. The van der Waals surface area contributed by atoms with E-state index in [1.54, 1.807) is 26.0 Å². The second kappa shape index (κ2) is 6.36. The van der Waals surface area contributed by atoms with Gasteiger partial charge in [-0.25, -0.2) is 0 Å². The van der Waals surface area contributed by atoms with Crippen LogP contribution in [0.5, 0.6) is 0 Å². The molecule has 0 spiro atoms. The van der Waals surface area contributed by atoms with Crippen molar-refractivity contribution < 1.29 is 31.5 Å². The molecular formula is C16H22O7S. The lowest BCUT2D eigenvalue weighted by atomic mass is 10.1. The number of hydrogen-bond donors (Lipinski definition) is 0. The minimum Gasteiger partial charge on any atom is -0.376 e. The molecule has 2 saturated heterocycles. The van der Waals surface area contributed by atoms with Crippen LogP contribution in [-0.2, 0) is 33.2 Å². The van der Waals surface area contributed by atoms with Gasteiger partial charge >= 0.3 is 0 Å². The van der Waals surface area contributed by atoms with Crippen LogP contribution >= 0.6 is 0 Å². The third-order valence-corrected chi connectivity index (χ3v) is 5.35. The Morgan fingerprint density at radius 1 is 1.17 bits per heavy atom. The molecule has 0 aromatic heterocycles. The maximum Gasteiger partial charge on any atom is 0.297 e. The lowest BCUT2D eigenvalue weighted by molar-refractivity contribution is -0.219. The van der Waals surface area contributed by atoms with Crippen molar-refractivity contribution in [1.82, 2.24) is 0 Å². The molecule has 0 aliphatic carbocycles. The lowest BCUT2D eigenvalue weighted by Gasteiger charge is -2.24. The Morgan fingerprint density at radius 2 is 1.83 bits per heavy atom. The third-order valence-electron chi connectivity index (χ3n) is 4.06.